The van der Waals surface area contributed by atoms with Crippen LogP contribution >= 0.6 is 11.6 Å². The number of rotatable bonds is 6. The van der Waals surface area contributed by atoms with Gasteiger partial charge in [-0.3, -0.25) is 20.2 Å². The van der Waals surface area contributed by atoms with Crippen molar-refractivity contribution in [2.45, 2.75) is 6.61 Å². The number of carbonyl (C=O) groups excluding carboxylic acids is 1. The lowest BCUT2D eigenvalue weighted by atomic mass is 10.1. The Kier molecular flexibility index (Phi) is 5.37. The van der Waals surface area contributed by atoms with E-state index >= 15 is 0 Å². The number of nitrogens with zero attached hydrogens (tertiary/aromatic N) is 2. The van der Waals surface area contributed by atoms with Gasteiger partial charge in [-0.05, 0) is 24.3 Å². The number of esters is 1. The minimum Gasteiger partial charge on any atom is -0.457 e. The molecule has 0 aliphatic rings. The van der Waals surface area contributed by atoms with Crippen molar-refractivity contribution in [2.75, 3.05) is 0 Å². The van der Waals surface area contributed by atoms with Crippen LogP contribution in [0.15, 0.2) is 59.0 Å². The van der Waals surface area contributed by atoms with E-state index in [2.05, 4.69) is 0 Å². The molecule has 0 bridgehead atoms. The zero-order chi connectivity index (χ0) is 20.3. The summed E-state index contributed by atoms with van der Waals surface area (Å²) in [5.41, 5.74) is -0.00468. The summed E-state index contributed by atoms with van der Waals surface area (Å²) in [7, 11) is 0. The van der Waals surface area contributed by atoms with Crippen LogP contribution in [0.4, 0.5) is 11.4 Å². The summed E-state index contributed by atoms with van der Waals surface area (Å²) in [6, 6.07) is 12.6. The molecule has 10 heteroatoms. The van der Waals surface area contributed by atoms with Crippen molar-refractivity contribution in [3.63, 3.8) is 0 Å². The lowest BCUT2D eigenvalue weighted by molar-refractivity contribution is -0.384. The van der Waals surface area contributed by atoms with Gasteiger partial charge in [0.15, 0.2) is 0 Å². The molecule has 0 amide bonds. The molecule has 3 rings (SSSR count). The van der Waals surface area contributed by atoms with Crippen LogP contribution in [0.2, 0.25) is 5.02 Å². The Labute approximate surface area is 162 Å². The van der Waals surface area contributed by atoms with E-state index < -0.39 is 21.5 Å². The second kappa shape index (κ2) is 7.89. The molecule has 0 saturated heterocycles. The monoisotopic (exact) mass is 402 g/mol. The quantitative estimate of drug-likeness (QED) is 0.330. The third-order valence-corrected chi connectivity index (χ3v) is 4.05. The van der Waals surface area contributed by atoms with Crippen molar-refractivity contribution in [2.24, 2.45) is 0 Å². The predicted molar refractivity (Wildman–Crippen MR) is 98.0 cm³/mol. The second-order valence-electron chi connectivity index (χ2n) is 5.57. The Morgan fingerprint density at radius 3 is 2.54 bits per heavy atom. The van der Waals surface area contributed by atoms with E-state index in [0.717, 1.165) is 6.07 Å². The Balaban J connectivity index is 1.70. The van der Waals surface area contributed by atoms with Gasteiger partial charge in [0.2, 0.25) is 0 Å². The number of carbonyl (C=O) groups is 1. The third kappa shape index (κ3) is 4.15. The Morgan fingerprint density at radius 1 is 1.04 bits per heavy atom. The van der Waals surface area contributed by atoms with Crippen molar-refractivity contribution in [1.82, 2.24) is 0 Å². The molecule has 9 nitrogen and oxygen atoms in total. The Morgan fingerprint density at radius 2 is 1.82 bits per heavy atom. The van der Waals surface area contributed by atoms with Gasteiger partial charge in [-0.25, -0.2) is 4.79 Å². The van der Waals surface area contributed by atoms with Crippen LogP contribution in [0.3, 0.4) is 0 Å². The van der Waals surface area contributed by atoms with E-state index in [1.54, 1.807) is 18.2 Å². The molecule has 2 aromatic carbocycles. The Bertz CT molecular complexity index is 1080. The van der Waals surface area contributed by atoms with Crippen molar-refractivity contribution < 1.29 is 23.8 Å². The molecule has 142 valence electrons. The number of nitro groups is 2. The van der Waals surface area contributed by atoms with Gasteiger partial charge in [0.1, 0.15) is 23.2 Å². The maximum atomic E-state index is 12.1. The van der Waals surface area contributed by atoms with Crippen molar-refractivity contribution in [3.05, 3.63) is 91.2 Å². The zero-order valence-electron chi connectivity index (χ0n) is 14.0. The van der Waals surface area contributed by atoms with Crippen LogP contribution in [0.5, 0.6) is 0 Å². The van der Waals surface area contributed by atoms with Crippen LogP contribution < -0.4 is 0 Å². The summed E-state index contributed by atoms with van der Waals surface area (Å²) in [5.74, 6) is -0.108. The molecule has 0 N–H and O–H groups in total. The van der Waals surface area contributed by atoms with Gasteiger partial charge < -0.3 is 9.15 Å². The van der Waals surface area contributed by atoms with Gasteiger partial charge in [-0.1, -0.05) is 23.7 Å². The highest BCUT2D eigenvalue weighted by Gasteiger charge is 2.18. The molecule has 0 aliphatic carbocycles. The minimum atomic E-state index is -0.784. The number of hydrogen-bond donors (Lipinski definition) is 0. The van der Waals surface area contributed by atoms with E-state index in [4.69, 9.17) is 20.8 Å². The smallest absolute Gasteiger partial charge is 0.338 e. The van der Waals surface area contributed by atoms with E-state index in [1.807, 2.05) is 0 Å². The van der Waals surface area contributed by atoms with Gasteiger partial charge in [-0.2, -0.15) is 0 Å². The molecule has 0 radical (unpaired) electrons. The molecule has 0 saturated carbocycles. The highest BCUT2D eigenvalue weighted by molar-refractivity contribution is 6.32. The van der Waals surface area contributed by atoms with Crippen LogP contribution in [0.25, 0.3) is 11.3 Å². The van der Waals surface area contributed by atoms with Crippen LogP contribution in [-0.2, 0) is 11.3 Å². The summed E-state index contributed by atoms with van der Waals surface area (Å²) >= 11 is 5.71. The summed E-state index contributed by atoms with van der Waals surface area (Å²) in [4.78, 5) is 32.6. The molecule has 0 unspecified atom stereocenters. The lowest BCUT2D eigenvalue weighted by Gasteiger charge is -2.04. The first-order chi connectivity index (χ1) is 13.3. The normalized spacial score (nSPS) is 10.5. The van der Waals surface area contributed by atoms with Crippen LogP contribution in [0.1, 0.15) is 16.1 Å². The van der Waals surface area contributed by atoms with E-state index in [0.29, 0.717) is 17.1 Å². The molecule has 0 aliphatic heterocycles. The fourth-order valence-corrected chi connectivity index (χ4v) is 2.57. The van der Waals surface area contributed by atoms with Crippen LogP contribution in [-0.4, -0.2) is 15.8 Å². The molecule has 1 aromatic heterocycles. The minimum absolute atomic E-state index is 0.0263. The Hall–Kier alpha value is -3.72. The van der Waals surface area contributed by atoms with Gasteiger partial charge in [-0.15, -0.1) is 0 Å². The largest absolute Gasteiger partial charge is 0.457 e. The number of benzene rings is 2. The number of non-ortho nitro benzene ring substituents is 1. The van der Waals surface area contributed by atoms with Gasteiger partial charge in [0, 0.05) is 23.8 Å². The summed E-state index contributed by atoms with van der Waals surface area (Å²) < 4.78 is 10.6. The van der Waals surface area contributed by atoms with Crippen molar-refractivity contribution in [3.8, 4) is 11.3 Å². The zero-order valence-corrected chi connectivity index (χ0v) is 14.8. The number of halogens is 1. The summed E-state index contributed by atoms with van der Waals surface area (Å²) in [6.07, 6.45) is 0. The molecular formula is C18H11ClN2O7. The maximum absolute atomic E-state index is 12.1. The van der Waals surface area contributed by atoms with E-state index in [1.165, 1.54) is 30.3 Å². The van der Waals surface area contributed by atoms with Crippen molar-refractivity contribution in [1.29, 1.82) is 0 Å². The molecular weight excluding hydrogens is 392 g/mol. The number of nitro benzene ring substituents is 2. The third-order valence-electron chi connectivity index (χ3n) is 3.73. The van der Waals surface area contributed by atoms with Gasteiger partial charge >= 0.3 is 5.97 Å². The van der Waals surface area contributed by atoms with Crippen molar-refractivity contribution >= 4 is 28.9 Å². The fourth-order valence-electron chi connectivity index (χ4n) is 2.38. The molecule has 1 heterocycles. The number of furan rings is 1. The first kappa shape index (κ1) is 19.1. The predicted octanol–water partition coefficient (Wildman–Crippen LogP) is 4.77. The van der Waals surface area contributed by atoms with Gasteiger partial charge in [0.05, 0.1) is 15.4 Å². The molecule has 0 atom stereocenters. The van der Waals surface area contributed by atoms with E-state index in [9.17, 15) is 25.0 Å². The molecule has 3 aromatic rings. The highest BCUT2D eigenvalue weighted by atomic mass is 35.5. The van der Waals surface area contributed by atoms with Crippen LogP contribution in [0, 0.1) is 20.2 Å². The first-order valence-corrected chi connectivity index (χ1v) is 8.17. The topological polar surface area (TPSA) is 126 Å². The van der Waals surface area contributed by atoms with E-state index in [-0.39, 0.29) is 22.9 Å². The molecule has 28 heavy (non-hydrogen) atoms. The summed E-state index contributed by atoms with van der Waals surface area (Å²) in [6.45, 7) is -0.218. The molecule has 0 fully saturated rings. The standard InChI is InChI=1S/C18H11ClN2O7/c19-15-6-4-12(9-16(15)21(25)26)18(22)27-10-14-5-7-17(28-14)11-2-1-3-13(8-11)20(23)24/h1-9H,10H2. The van der Waals surface area contributed by atoms with Gasteiger partial charge in [0.25, 0.3) is 11.4 Å². The SMILES string of the molecule is O=C(OCc1ccc(-c2cccc([N+](=O)[O-])c2)o1)c1ccc(Cl)c([N+](=O)[O-])c1. The molecule has 0 spiro atoms. The second-order valence-corrected chi connectivity index (χ2v) is 5.98. The number of ether oxygens (including phenoxy) is 1. The highest BCUT2D eigenvalue weighted by Crippen LogP contribution is 2.27. The maximum Gasteiger partial charge on any atom is 0.338 e. The average molecular weight is 403 g/mol. The summed E-state index contributed by atoms with van der Waals surface area (Å²) in [5, 5.41) is 21.7. The first-order valence-electron chi connectivity index (χ1n) is 7.80. The lowest BCUT2D eigenvalue weighted by Crippen LogP contribution is -2.05. The average Bonchev–Trinajstić information content (AvgIpc) is 3.15. The fraction of sp³-hybridized carbons (Fsp3) is 0.0556. The number of hydrogen-bond acceptors (Lipinski definition) is 7.